The molecule has 0 spiro atoms. The van der Waals surface area contributed by atoms with Crippen LogP contribution in [0.2, 0.25) is 0 Å². The fourth-order valence-corrected chi connectivity index (χ4v) is 2.78. The summed E-state index contributed by atoms with van der Waals surface area (Å²) in [5, 5.41) is 9.37. The van der Waals surface area contributed by atoms with Crippen LogP contribution >= 0.6 is 15.9 Å². The van der Waals surface area contributed by atoms with Gasteiger partial charge in [-0.3, -0.25) is 4.79 Å². The van der Waals surface area contributed by atoms with Crippen LogP contribution in [0, 0.1) is 5.82 Å². The molecule has 0 bridgehead atoms. The molecule has 1 aromatic carbocycles. The van der Waals surface area contributed by atoms with E-state index in [1.807, 2.05) is 0 Å². The van der Waals surface area contributed by atoms with Crippen LogP contribution in [0.15, 0.2) is 10.5 Å². The second-order valence-electron chi connectivity index (χ2n) is 4.81. The summed E-state index contributed by atoms with van der Waals surface area (Å²) in [4.78, 5) is 11.4. The highest BCUT2D eigenvalue weighted by Gasteiger charge is 2.56. The number of benzene rings is 1. The molecule has 3 rings (SSSR count). The average molecular weight is 331 g/mol. The van der Waals surface area contributed by atoms with Crippen molar-refractivity contribution in [3.8, 4) is 11.5 Å². The second-order valence-corrected chi connectivity index (χ2v) is 5.67. The smallest absolute Gasteiger partial charge is 0.314 e. The molecule has 19 heavy (non-hydrogen) atoms. The predicted molar refractivity (Wildman–Crippen MR) is 68.3 cm³/mol. The van der Waals surface area contributed by atoms with Gasteiger partial charge < -0.3 is 14.6 Å². The highest BCUT2D eigenvalue weighted by Crippen LogP contribution is 2.56. The molecule has 1 aromatic rings. The van der Waals surface area contributed by atoms with E-state index in [9.17, 15) is 14.3 Å². The number of carboxylic acids is 1. The maximum Gasteiger partial charge on any atom is 0.314 e. The zero-order valence-electron chi connectivity index (χ0n) is 10.0. The third-order valence-electron chi connectivity index (χ3n) is 3.57. The van der Waals surface area contributed by atoms with Gasteiger partial charge in [0.2, 0.25) is 0 Å². The molecule has 1 aliphatic heterocycles. The monoisotopic (exact) mass is 330 g/mol. The number of carboxylic acid groups (broad SMARTS) is 1. The van der Waals surface area contributed by atoms with E-state index in [0.29, 0.717) is 38.2 Å². The molecule has 2 aliphatic rings. The van der Waals surface area contributed by atoms with Gasteiger partial charge >= 0.3 is 5.97 Å². The molecule has 1 aliphatic carbocycles. The standard InChI is InChI=1S/C13H12BrFO4/c14-7-6-8-11(19-5-1-4-18-8)9(10(7)15)13(2-3-13)12(16)17/h6H,1-5H2,(H,16,17). The quantitative estimate of drug-likeness (QED) is 0.905. The number of hydrogen-bond donors (Lipinski definition) is 1. The molecule has 1 heterocycles. The highest BCUT2D eigenvalue weighted by molar-refractivity contribution is 9.10. The van der Waals surface area contributed by atoms with E-state index in [2.05, 4.69) is 15.9 Å². The number of fused-ring (bicyclic) bond motifs is 1. The van der Waals surface area contributed by atoms with Crippen molar-refractivity contribution >= 4 is 21.9 Å². The molecule has 6 heteroatoms. The molecular weight excluding hydrogens is 319 g/mol. The molecule has 1 fully saturated rings. The third-order valence-corrected chi connectivity index (χ3v) is 4.15. The van der Waals surface area contributed by atoms with Gasteiger partial charge in [0.05, 0.1) is 28.7 Å². The minimum Gasteiger partial charge on any atom is -0.490 e. The maximum atomic E-state index is 14.4. The van der Waals surface area contributed by atoms with Gasteiger partial charge in [-0.2, -0.15) is 0 Å². The summed E-state index contributed by atoms with van der Waals surface area (Å²) in [7, 11) is 0. The summed E-state index contributed by atoms with van der Waals surface area (Å²) in [5.41, 5.74) is -1.04. The van der Waals surface area contributed by atoms with Crippen LogP contribution in [0.25, 0.3) is 0 Å². The minimum atomic E-state index is -1.16. The van der Waals surface area contributed by atoms with Gasteiger partial charge in [-0.05, 0) is 28.8 Å². The fraction of sp³-hybridized carbons (Fsp3) is 0.462. The van der Waals surface area contributed by atoms with Crippen molar-refractivity contribution in [2.24, 2.45) is 0 Å². The zero-order valence-corrected chi connectivity index (χ0v) is 11.6. The van der Waals surface area contributed by atoms with Crippen LogP contribution in [0.1, 0.15) is 24.8 Å². The van der Waals surface area contributed by atoms with Crippen LogP contribution in [0.4, 0.5) is 4.39 Å². The summed E-state index contributed by atoms with van der Waals surface area (Å²) >= 11 is 3.12. The van der Waals surface area contributed by atoms with Crippen LogP contribution in [-0.2, 0) is 10.2 Å². The molecule has 0 saturated heterocycles. The summed E-state index contributed by atoms with van der Waals surface area (Å²) in [6.45, 7) is 0.876. The van der Waals surface area contributed by atoms with Gasteiger partial charge in [-0.25, -0.2) is 4.39 Å². The van der Waals surface area contributed by atoms with E-state index in [0.717, 1.165) is 0 Å². The Kier molecular flexibility index (Phi) is 2.92. The summed E-state index contributed by atoms with van der Waals surface area (Å²) in [6.07, 6.45) is 1.53. The molecule has 1 N–H and O–H groups in total. The van der Waals surface area contributed by atoms with E-state index < -0.39 is 17.2 Å². The lowest BCUT2D eigenvalue weighted by molar-refractivity contribution is -0.140. The number of carbonyl (C=O) groups is 1. The van der Waals surface area contributed by atoms with E-state index in [-0.39, 0.29) is 15.8 Å². The van der Waals surface area contributed by atoms with Crippen molar-refractivity contribution in [3.05, 3.63) is 21.9 Å². The molecule has 4 nitrogen and oxygen atoms in total. The van der Waals surface area contributed by atoms with Gasteiger partial charge in [0, 0.05) is 12.5 Å². The fourth-order valence-electron chi connectivity index (χ4n) is 2.38. The van der Waals surface area contributed by atoms with Crippen LogP contribution in [-0.4, -0.2) is 24.3 Å². The Morgan fingerprint density at radius 1 is 1.37 bits per heavy atom. The van der Waals surface area contributed by atoms with E-state index in [1.165, 1.54) is 6.07 Å². The first kappa shape index (κ1) is 12.7. The van der Waals surface area contributed by atoms with Crippen molar-refractivity contribution in [2.45, 2.75) is 24.7 Å². The summed E-state index contributed by atoms with van der Waals surface area (Å²) in [5.74, 6) is -0.921. The number of halogens is 2. The Morgan fingerprint density at radius 3 is 2.68 bits per heavy atom. The molecule has 0 atom stereocenters. The number of aliphatic carboxylic acids is 1. The van der Waals surface area contributed by atoms with E-state index in [4.69, 9.17) is 9.47 Å². The van der Waals surface area contributed by atoms with E-state index >= 15 is 0 Å². The van der Waals surface area contributed by atoms with E-state index in [1.54, 1.807) is 0 Å². The lowest BCUT2D eigenvalue weighted by Gasteiger charge is -2.19. The molecule has 0 amide bonds. The SMILES string of the molecule is O=C(O)C1(c2c(F)c(Br)cc3c2OCCCO3)CC1. The van der Waals surface area contributed by atoms with Gasteiger partial charge in [0.1, 0.15) is 5.82 Å². The maximum absolute atomic E-state index is 14.4. The van der Waals surface area contributed by atoms with Crippen LogP contribution < -0.4 is 9.47 Å². The van der Waals surface area contributed by atoms with Gasteiger partial charge in [-0.1, -0.05) is 0 Å². The van der Waals surface area contributed by atoms with Crippen LogP contribution in [0.5, 0.6) is 11.5 Å². The minimum absolute atomic E-state index is 0.117. The van der Waals surface area contributed by atoms with Gasteiger partial charge in [-0.15, -0.1) is 0 Å². The number of hydrogen-bond acceptors (Lipinski definition) is 3. The predicted octanol–water partition coefficient (Wildman–Crippen LogP) is 2.87. The Labute approximate surface area is 117 Å². The van der Waals surface area contributed by atoms with Gasteiger partial charge in [0.25, 0.3) is 0 Å². The van der Waals surface area contributed by atoms with Crippen molar-refractivity contribution in [2.75, 3.05) is 13.2 Å². The zero-order chi connectivity index (χ0) is 13.6. The second kappa shape index (κ2) is 4.37. The highest BCUT2D eigenvalue weighted by atomic mass is 79.9. The van der Waals surface area contributed by atoms with Crippen LogP contribution in [0.3, 0.4) is 0 Å². The Balaban J connectivity index is 2.22. The van der Waals surface area contributed by atoms with Crippen molar-refractivity contribution in [3.63, 3.8) is 0 Å². The summed E-state index contributed by atoms with van der Waals surface area (Å²) in [6, 6.07) is 1.50. The topological polar surface area (TPSA) is 55.8 Å². The molecule has 102 valence electrons. The van der Waals surface area contributed by atoms with Crippen molar-refractivity contribution in [1.82, 2.24) is 0 Å². The average Bonchev–Trinajstić information content (AvgIpc) is 3.15. The summed E-state index contributed by atoms with van der Waals surface area (Å²) < 4.78 is 25.6. The first-order valence-electron chi connectivity index (χ1n) is 6.08. The first-order chi connectivity index (χ1) is 9.06. The van der Waals surface area contributed by atoms with Crippen molar-refractivity contribution in [1.29, 1.82) is 0 Å². The van der Waals surface area contributed by atoms with Gasteiger partial charge in [0.15, 0.2) is 11.5 Å². The third kappa shape index (κ3) is 1.89. The normalized spacial score (nSPS) is 19.7. The Hall–Kier alpha value is -1.30. The molecule has 0 radical (unpaired) electrons. The Bertz CT molecular complexity index is 554. The lowest BCUT2D eigenvalue weighted by Crippen LogP contribution is -2.22. The Morgan fingerprint density at radius 2 is 2.05 bits per heavy atom. The van der Waals surface area contributed by atoms with Crippen molar-refractivity contribution < 1.29 is 23.8 Å². The first-order valence-corrected chi connectivity index (χ1v) is 6.87. The molecule has 0 aromatic heterocycles. The largest absolute Gasteiger partial charge is 0.490 e. The number of ether oxygens (including phenoxy) is 2. The molecule has 0 unspecified atom stereocenters. The molecular formula is C13H12BrFO4. The molecule has 1 saturated carbocycles. The number of rotatable bonds is 2. The lowest BCUT2D eigenvalue weighted by atomic mass is 9.94.